The van der Waals surface area contributed by atoms with Gasteiger partial charge >= 0.3 is 35.2 Å². The van der Waals surface area contributed by atoms with Crippen molar-refractivity contribution in [2.45, 2.75) is 256 Å². The maximum Gasteiger partial charge on any atom is 0.500 e. The Morgan fingerprint density at radius 2 is 0.500 bits per heavy atom. The first-order chi connectivity index (χ1) is 36.9. The number of ether oxygens (including phenoxy) is 4. The van der Waals surface area contributed by atoms with Crippen LogP contribution in [0.3, 0.4) is 0 Å². The number of epoxide rings is 4. The summed E-state index contributed by atoms with van der Waals surface area (Å²) in [4.78, 5) is 0. The van der Waals surface area contributed by atoms with Gasteiger partial charge < -0.3 is 72.1 Å². The van der Waals surface area contributed by atoms with Crippen molar-refractivity contribution in [3.8, 4) is 0 Å². The first-order valence-electron chi connectivity index (χ1n) is 30.7. The highest BCUT2D eigenvalue weighted by Gasteiger charge is 2.48. The Labute approximate surface area is 467 Å². The molecule has 4 aliphatic carbocycles. The molecular formula is C56H112O16Si4. The van der Waals surface area contributed by atoms with Gasteiger partial charge in [0.25, 0.3) is 0 Å². The average molecular weight is 1150 g/mol. The Kier molecular flexibility index (Phi) is 31.2. The minimum absolute atomic E-state index is 0.585. The van der Waals surface area contributed by atoms with Crippen molar-refractivity contribution in [1.29, 1.82) is 0 Å². The van der Waals surface area contributed by atoms with Gasteiger partial charge in [-0.2, -0.15) is 0 Å². The third-order valence-corrected chi connectivity index (χ3v) is 29.4. The summed E-state index contributed by atoms with van der Waals surface area (Å²) in [6.07, 6.45) is 32.6. The fourth-order valence-corrected chi connectivity index (χ4v) is 21.7. The minimum atomic E-state index is -2.42. The fraction of sp³-hybridized carbons (Fsp3) is 1.00. The van der Waals surface area contributed by atoms with E-state index in [0.717, 1.165) is 73.5 Å². The third-order valence-electron chi connectivity index (χ3n) is 17.4. The molecule has 0 spiro atoms. The van der Waals surface area contributed by atoms with Gasteiger partial charge in [0.05, 0.1) is 48.8 Å². The first-order valence-corrected chi connectivity index (χ1v) is 38.4. The summed E-state index contributed by atoms with van der Waals surface area (Å²) >= 11 is 0. The molecule has 4 saturated carbocycles. The van der Waals surface area contributed by atoms with Crippen LogP contribution in [0.5, 0.6) is 0 Å². The molecule has 0 N–H and O–H groups in total. The zero-order valence-electron chi connectivity index (χ0n) is 50.1. The summed E-state index contributed by atoms with van der Waals surface area (Å²) in [5.41, 5.74) is 0. The lowest BCUT2D eigenvalue weighted by Gasteiger charge is -2.29. The average Bonchev–Trinajstić information content (AvgIpc) is 4.22. The van der Waals surface area contributed by atoms with Gasteiger partial charge in [0.15, 0.2) is 0 Å². The topological polar surface area (TPSA) is 161 Å². The SMILES string of the molecule is CCO[Si](CCCC1CCC2OC2C1)(OCC)OCC.CCO[Si](CCCCC1CCC2OC2C1)(OCC)OCC.CO[Si](CCCC1CCC2OC2C1)(OC)OC.CO[Si](CCCCC1CCC2OC2C1)(OC)OC. The van der Waals surface area contributed by atoms with Crippen LogP contribution >= 0.6 is 0 Å². The molecule has 448 valence electrons. The van der Waals surface area contributed by atoms with E-state index in [1.54, 1.807) is 42.7 Å². The number of hydrogen-bond donors (Lipinski definition) is 0. The van der Waals surface area contributed by atoms with Crippen molar-refractivity contribution in [3.05, 3.63) is 0 Å². The van der Waals surface area contributed by atoms with Crippen LogP contribution in [-0.2, 0) is 72.1 Å². The van der Waals surface area contributed by atoms with Gasteiger partial charge in [-0.1, -0.05) is 38.5 Å². The first kappa shape index (κ1) is 67.0. The molecule has 0 radical (unpaired) electrons. The van der Waals surface area contributed by atoms with E-state index in [0.29, 0.717) is 88.5 Å². The molecule has 4 saturated heterocycles. The van der Waals surface area contributed by atoms with E-state index < -0.39 is 35.2 Å². The van der Waals surface area contributed by atoms with Crippen molar-refractivity contribution in [3.63, 3.8) is 0 Å². The molecule has 4 aliphatic heterocycles. The Morgan fingerprint density at radius 1 is 0.276 bits per heavy atom. The highest BCUT2D eigenvalue weighted by atomic mass is 28.4. The van der Waals surface area contributed by atoms with Crippen LogP contribution in [0.4, 0.5) is 0 Å². The second-order valence-corrected chi connectivity index (χ2v) is 34.0. The van der Waals surface area contributed by atoms with Crippen LogP contribution in [0.15, 0.2) is 0 Å². The highest BCUT2D eigenvalue weighted by molar-refractivity contribution is 6.61. The molecule has 4 heterocycles. The molecule has 8 rings (SSSR count). The van der Waals surface area contributed by atoms with Crippen LogP contribution in [-0.4, -0.2) is 166 Å². The zero-order chi connectivity index (χ0) is 54.9. The minimum Gasteiger partial charge on any atom is -0.377 e. The monoisotopic (exact) mass is 1150 g/mol. The van der Waals surface area contributed by atoms with Crippen LogP contribution in [0.1, 0.15) is 183 Å². The molecule has 0 aromatic carbocycles. The zero-order valence-corrected chi connectivity index (χ0v) is 54.1. The van der Waals surface area contributed by atoms with Crippen molar-refractivity contribution in [2.24, 2.45) is 23.7 Å². The van der Waals surface area contributed by atoms with Gasteiger partial charge in [0.1, 0.15) is 0 Å². The molecule has 0 aromatic heterocycles. The number of rotatable bonds is 36. The summed E-state index contributed by atoms with van der Waals surface area (Å²) in [6.45, 7) is 16.2. The maximum absolute atomic E-state index is 5.90. The molecule has 12 unspecified atom stereocenters. The van der Waals surface area contributed by atoms with E-state index in [9.17, 15) is 0 Å². The molecule has 20 heteroatoms. The van der Waals surface area contributed by atoms with E-state index in [1.807, 2.05) is 41.5 Å². The largest absolute Gasteiger partial charge is 0.500 e. The van der Waals surface area contributed by atoms with E-state index in [4.69, 9.17) is 72.1 Å². The van der Waals surface area contributed by atoms with Crippen molar-refractivity contribution < 1.29 is 72.1 Å². The van der Waals surface area contributed by atoms with Crippen LogP contribution in [0.2, 0.25) is 24.2 Å². The van der Waals surface area contributed by atoms with E-state index >= 15 is 0 Å². The van der Waals surface area contributed by atoms with Gasteiger partial charge in [-0.15, -0.1) is 0 Å². The number of fused-ring (bicyclic) bond motifs is 4. The number of unbranched alkanes of at least 4 members (excludes halogenated alkanes) is 2. The van der Waals surface area contributed by atoms with Crippen molar-refractivity contribution in [1.82, 2.24) is 0 Å². The Morgan fingerprint density at radius 3 is 0.737 bits per heavy atom. The second-order valence-electron chi connectivity index (χ2n) is 22.4. The Balaban J connectivity index is 0.000000188. The molecule has 0 amide bonds. The molecule has 0 aromatic rings. The van der Waals surface area contributed by atoms with Crippen LogP contribution in [0, 0.1) is 23.7 Å². The summed E-state index contributed by atoms with van der Waals surface area (Å²) in [6, 6.07) is 3.75. The van der Waals surface area contributed by atoms with Gasteiger partial charge in [-0.25, -0.2) is 0 Å². The lowest BCUT2D eigenvalue weighted by molar-refractivity contribution is 0.0695. The van der Waals surface area contributed by atoms with Gasteiger partial charge in [0.2, 0.25) is 0 Å². The molecular weight excluding hydrogens is 1040 g/mol. The van der Waals surface area contributed by atoms with E-state index in [-0.39, 0.29) is 0 Å². The molecule has 12 atom stereocenters. The molecule has 76 heavy (non-hydrogen) atoms. The Bertz CT molecular complexity index is 1470. The standard InChI is InChI=1S/C16H32O4Si.C15H30O4Si.C13H26O4Si.C12H24O4Si/c1-4-17-21(18-5-2,19-6-3)12-8-7-9-14-10-11-15-16(13-14)20-15;1-4-16-20(17-5-2,18-6-3)11-7-8-13-9-10-14-15(12-13)19-14;1-14-18(15-2,16-3)9-5-4-6-11-7-8-12-13(10-11)17-12;1-13-17(14-2,15-3)8-4-5-10-6-7-11-12(9-10)16-11/h14-16H,4-13H2,1-3H3;13-15H,4-12H2,1-3H3;11-13H,4-10H2,1-3H3;10-12H,4-9H2,1-3H3. The summed E-state index contributed by atoms with van der Waals surface area (Å²) in [7, 11) is 0.601. The lowest BCUT2D eigenvalue weighted by atomic mass is 9.86. The summed E-state index contributed by atoms with van der Waals surface area (Å²) in [5, 5.41) is 0. The normalized spacial score (nSPS) is 30.2. The molecule has 8 aliphatic rings. The third kappa shape index (κ3) is 22.8. The van der Waals surface area contributed by atoms with E-state index in [2.05, 4.69) is 0 Å². The van der Waals surface area contributed by atoms with Crippen molar-refractivity contribution >= 4 is 35.2 Å². The summed E-state index contributed by atoms with van der Waals surface area (Å²) in [5.74, 6) is 3.40. The van der Waals surface area contributed by atoms with Crippen molar-refractivity contribution in [2.75, 3.05) is 82.3 Å². The maximum atomic E-state index is 5.90. The van der Waals surface area contributed by atoms with Crippen LogP contribution < -0.4 is 0 Å². The quantitative estimate of drug-likeness (QED) is 0.0331. The summed E-state index contributed by atoms with van der Waals surface area (Å²) < 4.78 is 90.3. The molecule has 16 nitrogen and oxygen atoms in total. The van der Waals surface area contributed by atoms with Gasteiger partial charge in [-0.3, -0.25) is 0 Å². The second kappa shape index (κ2) is 35.4. The molecule has 0 bridgehead atoms. The van der Waals surface area contributed by atoms with Gasteiger partial charge in [0, 0.05) is 106 Å². The van der Waals surface area contributed by atoms with Crippen LogP contribution in [0.25, 0.3) is 0 Å². The number of hydrogen-bond acceptors (Lipinski definition) is 16. The Hall–Kier alpha value is 0.228. The predicted molar refractivity (Wildman–Crippen MR) is 304 cm³/mol. The highest BCUT2D eigenvalue weighted by Crippen LogP contribution is 2.44. The predicted octanol–water partition coefficient (Wildman–Crippen LogP) is 12.0. The molecule has 8 fully saturated rings. The fourth-order valence-electron chi connectivity index (χ4n) is 12.9. The van der Waals surface area contributed by atoms with Gasteiger partial charge in [-0.05, 0) is 168 Å². The van der Waals surface area contributed by atoms with E-state index in [1.165, 1.54) is 116 Å². The smallest absolute Gasteiger partial charge is 0.377 e. The lowest BCUT2D eigenvalue weighted by Crippen LogP contribution is -2.46.